The Hall–Kier alpha value is -6.70. The summed E-state index contributed by atoms with van der Waals surface area (Å²) >= 11 is 0. The lowest BCUT2D eigenvalue weighted by Gasteiger charge is -2.31. The van der Waals surface area contributed by atoms with Gasteiger partial charge in [0, 0.05) is 22.4 Å². The SMILES string of the molecule is CC1(C)c2cc(N(c3ccc(-c4ccccc4)cc3)c3ccc4ccccc4c3-c3cccc4ccccc34)ccc2-c2c(-c3ccccc3)cccc21. The van der Waals surface area contributed by atoms with Crippen LogP contribution in [0.2, 0.25) is 0 Å². The summed E-state index contributed by atoms with van der Waals surface area (Å²) in [6, 6.07) is 73.4. The van der Waals surface area contributed by atoms with Gasteiger partial charge in [-0.2, -0.15) is 0 Å². The quantitative estimate of drug-likeness (QED) is 0.168. The van der Waals surface area contributed by atoms with E-state index in [9.17, 15) is 0 Å². The number of fused-ring (bicyclic) bond motifs is 5. The van der Waals surface area contributed by atoms with Crippen LogP contribution in [0.3, 0.4) is 0 Å². The van der Waals surface area contributed by atoms with E-state index in [1.807, 2.05) is 0 Å². The molecule has 1 aliphatic rings. The molecule has 1 heteroatoms. The average molecular weight is 690 g/mol. The number of nitrogens with zero attached hydrogens (tertiary/aromatic N) is 1. The van der Waals surface area contributed by atoms with E-state index in [4.69, 9.17) is 0 Å². The Morgan fingerprint density at radius 1 is 0.352 bits per heavy atom. The Balaban J connectivity index is 1.23. The maximum absolute atomic E-state index is 2.48. The van der Waals surface area contributed by atoms with Gasteiger partial charge < -0.3 is 4.90 Å². The summed E-state index contributed by atoms with van der Waals surface area (Å²) < 4.78 is 0. The number of rotatable bonds is 6. The van der Waals surface area contributed by atoms with Crippen molar-refractivity contribution in [2.75, 3.05) is 4.90 Å². The molecule has 0 heterocycles. The van der Waals surface area contributed by atoms with Gasteiger partial charge in [0.05, 0.1) is 5.69 Å². The molecule has 9 aromatic carbocycles. The highest BCUT2D eigenvalue weighted by molar-refractivity contribution is 6.11. The van der Waals surface area contributed by atoms with Gasteiger partial charge in [0.1, 0.15) is 0 Å². The lowest BCUT2D eigenvalue weighted by molar-refractivity contribution is 0.660. The smallest absolute Gasteiger partial charge is 0.0546 e. The molecule has 0 bridgehead atoms. The van der Waals surface area contributed by atoms with Crippen LogP contribution < -0.4 is 4.90 Å². The fourth-order valence-electron chi connectivity index (χ4n) is 8.81. The van der Waals surface area contributed by atoms with E-state index in [1.165, 1.54) is 77.2 Å². The third kappa shape index (κ3) is 5.16. The number of benzene rings is 9. The van der Waals surface area contributed by atoms with Crippen LogP contribution in [0.1, 0.15) is 25.0 Å². The molecule has 54 heavy (non-hydrogen) atoms. The molecule has 0 amide bonds. The monoisotopic (exact) mass is 689 g/mol. The predicted octanol–water partition coefficient (Wildman–Crippen LogP) is 14.8. The van der Waals surface area contributed by atoms with Crippen molar-refractivity contribution in [3.63, 3.8) is 0 Å². The second kappa shape index (κ2) is 12.8. The number of hydrogen-bond acceptors (Lipinski definition) is 1. The van der Waals surface area contributed by atoms with E-state index in [0.29, 0.717) is 0 Å². The van der Waals surface area contributed by atoms with Crippen LogP contribution in [-0.4, -0.2) is 0 Å². The van der Waals surface area contributed by atoms with Crippen LogP contribution in [0.4, 0.5) is 17.1 Å². The topological polar surface area (TPSA) is 3.24 Å². The van der Waals surface area contributed by atoms with Gasteiger partial charge in [0.2, 0.25) is 0 Å². The average Bonchev–Trinajstić information content (AvgIpc) is 3.47. The molecule has 10 rings (SSSR count). The summed E-state index contributed by atoms with van der Waals surface area (Å²) in [5.74, 6) is 0. The van der Waals surface area contributed by atoms with E-state index in [2.05, 4.69) is 219 Å². The molecule has 9 aromatic rings. The van der Waals surface area contributed by atoms with Crippen molar-refractivity contribution >= 4 is 38.6 Å². The van der Waals surface area contributed by atoms with Crippen molar-refractivity contribution in [2.45, 2.75) is 19.3 Å². The molecule has 0 N–H and O–H groups in total. The Kier molecular flexibility index (Phi) is 7.56. The minimum atomic E-state index is -0.184. The van der Waals surface area contributed by atoms with Crippen molar-refractivity contribution in [2.24, 2.45) is 0 Å². The van der Waals surface area contributed by atoms with Crippen molar-refractivity contribution in [3.8, 4) is 44.5 Å². The van der Waals surface area contributed by atoms with Crippen LogP contribution in [0.5, 0.6) is 0 Å². The Morgan fingerprint density at radius 2 is 0.926 bits per heavy atom. The van der Waals surface area contributed by atoms with Crippen molar-refractivity contribution in [1.29, 1.82) is 0 Å². The summed E-state index contributed by atoms with van der Waals surface area (Å²) in [7, 11) is 0. The number of anilines is 3. The molecule has 0 unspecified atom stereocenters. The molecule has 0 radical (unpaired) electrons. The molecule has 0 saturated carbocycles. The maximum atomic E-state index is 2.48. The lowest BCUT2D eigenvalue weighted by Crippen LogP contribution is -2.17. The van der Waals surface area contributed by atoms with E-state index in [-0.39, 0.29) is 5.41 Å². The first kappa shape index (κ1) is 32.0. The van der Waals surface area contributed by atoms with E-state index in [1.54, 1.807) is 0 Å². The minimum absolute atomic E-state index is 0.184. The van der Waals surface area contributed by atoms with Crippen LogP contribution in [-0.2, 0) is 5.41 Å². The highest BCUT2D eigenvalue weighted by Crippen LogP contribution is 2.54. The molecule has 0 atom stereocenters. The van der Waals surface area contributed by atoms with Crippen LogP contribution in [0.25, 0.3) is 66.1 Å². The van der Waals surface area contributed by atoms with Gasteiger partial charge in [-0.05, 0) is 102 Å². The van der Waals surface area contributed by atoms with Crippen molar-refractivity contribution in [1.82, 2.24) is 0 Å². The molecular formula is C53H39N. The minimum Gasteiger partial charge on any atom is -0.310 e. The Bertz CT molecular complexity index is 2830. The van der Waals surface area contributed by atoms with E-state index in [0.717, 1.165) is 17.1 Å². The molecule has 0 aliphatic heterocycles. The first-order valence-corrected chi connectivity index (χ1v) is 18.9. The summed E-state index contributed by atoms with van der Waals surface area (Å²) in [5, 5.41) is 4.94. The normalized spacial score (nSPS) is 12.8. The standard InChI is InChI=1S/C53H39N/c1-53(2)48-26-14-24-44(39-17-7-4-8-18-39)51(48)47-33-32-42(35-49(47)53)54(41-30-27-37(28-31-41)36-15-5-3-6-16-36)50-34-29-40-20-10-12-23-45(40)52(50)46-25-13-21-38-19-9-11-22-43(38)46/h3-35H,1-2H3. The fraction of sp³-hybridized carbons (Fsp3) is 0.0566. The molecule has 0 saturated heterocycles. The third-order valence-electron chi connectivity index (χ3n) is 11.5. The van der Waals surface area contributed by atoms with Crippen LogP contribution in [0.15, 0.2) is 200 Å². The van der Waals surface area contributed by atoms with Gasteiger partial charge in [-0.25, -0.2) is 0 Å². The van der Waals surface area contributed by atoms with Gasteiger partial charge in [-0.3, -0.25) is 0 Å². The van der Waals surface area contributed by atoms with Gasteiger partial charge in [-0.15, -0.1) is 0 Å². The first-order chi connectivity index (χ1) is 26.6. The second-order valence-corrected chi connectivity index (χ2v) is 14.9. The Labute approximate surface area is 317 Å². The lowest BCUT2D eigenvalue weighted by atomic mass is 9.81. The molecular weight excluding hydrogens is 651 g/mol. The molecule has 1 nitrogen and oxygen atoms in total. The molecule has 0 spiro atoms. The van der Waals surface area contributed by atoms with Gasteiger partial charge in [0.25, 0.3) is 0 Å². The maximum Gasteiger partial charge on any atom is 0.0546 e. The zero-order valence-electron chi connectivity index (χ0n) is 30.5. The van der Waals surface area contributed by atoms with Crippen LogP contribution in [0, 0.1) is 0 Å². The number of hydrogen-bond donors (Lipinski definition) is 0. The van der Waals surface area contributed by atoms with Crippen molar-refractivity contribution < 1.29 is 0 Å². The van der Waals surface area contributed by atoms with E-state index >= 15 is 0 Å². The highest BCUT2D eigenvalue weighted by Gasteiger charge is 2.37. The van der Waals surface area contributed by atoms with Crippen molar-refractivity contribution in [3.05, 3.63) is 211 Å². The fourth-order valence-corrected chi connectivity index (χ4v) is 8.81. The highest BCUT2D eigenvalue weighted by atomic mass is 15.1. The first-order valence-electron chi connectivity index (χ1n) is 18.9. The molecule has 256 valence electrons. The van der Waals surface area contributed by atoms with E-state index < -0.39 is 0 Å². The summed E-state index contributed by atoms with van der Waals surface area (Å²) in [6.07, 6.45) is 0. The second-order valence-electron chi connectivity index (χ2n) is 14.9. The predicted molar refractivity (Wildman–Crippen MR) is 230 cm³/mol. The summed E-state index contributed by atoms with van der Waals surface area (Å²) in [4.78, 5) is 2.48. The molecule has 0 aromatic heterocycles. The summed E-state index contributed by atoms with van der Waals surface area (Å²) in [5.41, 5.74) is 16.0. The zero-order chi connectivity index (χ0) is 36.2. The van der Waals surface area contributed by atoms with Gasteiger partial charge in [-0.1, -0.05) is 184 Å². The molecule has 0 fully saturated rings. The van der Waals surface area contributed by atoms with Crippen LogP contribution >= 0.6 is 0 Å². The van der Waals surface area contributed by atoms with Gasteiger partial charge >= 0.3 is 0 Å². The van der Waals surface area contributed by atoms with Gasteiger partial charge in [0.15, 0.2) is 0 Å². The zero-order valence-corrected chi connectivity index (χ0v) is 30.5. The largest absolute Gasteiger partial charge is 0.310 e. The Morgan fingerprint density at radius 3 is 1.69 bits per heavy atom. The summed E-state index contributed by atoms with van der Waals surface area (Å²) in [6.45, 7) is 4.76. The third-order valence-corrected chi connectivity index (χ3v) is 11.5. The molecule has 1 aliphatic carbocycles.